The van der Waals surface area contributed by atoms with Crippen LogP contribution < -0.4 is 9.64 Å². The number of hydrogen-bond donors (Lipinski definition) is 0. The molecule has 1 aromatic carbocycles. The maximum absolute atomic E-state index is 12.6. The largest absolute Gasteiger partial charge is 0.494 e. The third-order valence-electron chi connectivity index (χ3n) is 4.65. The number of ether oxygens (including phenoxy) is 2. The Labute approximate surface area is 170 Å². The average Bonchev–Trinajstić information content (AvgIpc) is 2.67. The number of halogens is 1. The molecule has 0 unspecified atom stereocenters. The molecule has 0 N–H and O–H groups in total. The Bertz CT molecular complexity index is 536. The highest BCUT2D eigenvalue weighted by atomic mass is 35.5. The van der Waals surface area contributed by atoms with E-state index in [1.54, 1.807) is 4.90 Å². The standard InChI is InChI=1S/C21H34N2O3.ClH/c1-3-5-16-25-20-11-9-10-19(18-20)23(12-4-2)21(24)26-17-15-22-13-7-6-8-14-22;/h9-11,18H,3-8,12-17H2,1-2H3;1H. The molecule has 0 atom stereocenters. The van der Waals surface area contributed by atoms with Crippen molar-refractivity contribution in [3.8, 4) is 5.75 Å². The number of carbonyl (C=O) groups excluding carboxylic acids is 1. The minimum Gasteiger partial charge on any atom is -0.494 e. The van der Waals surface area contributed by atoms with E-state index in [-0.39, 0.29) is 18.5 Å². The summed E-state index contributed by atoms with van der Waals surface area (Å²) in [6.07, 6.45) is 6.56. The highest BCUT2D eigenvalue weighted by Crippen LogP contribution is 2.22. The quantitative estimate of drug-likeness (QED) is 0.512. The Morgan fingerprint density at radius 2 is 1.89 bits per heavy atom. The van der Waals surface area contributed by atoms with Gasteiger partial charge in [0.1, 0.15) is 12.4 Å². The number of rotatable bonds is 10. The highest BCUT2D eigenvalue weighted by molar-refractivity contribution is 5.87. The molecule has 1 aliphatic rings. The van der Waals surface area contributed by atoms with Gasteiger partial charge in [-0.15, -0.1) is 12.4 Å². The summed E-state index contributed by atoms with van der Waals surface area (Å²) in [5, 5.41) is 0. The lowest BCUT2D eigenvalue weighted by molar-refractivity contribution is 0.126. The van der Waals surface area contributed by atoms with Crippen LogP contribution in [-0.4, -0.2) is 50.4 Å². The maximum Gasteiger partial charge on any atom is 0.414 e. The Morgan fingerprint density at radius 1 is 1.11 bits per heavy atom. The average molecular weight is 399 g/mol. The predicted molar refractivity (Wildman–Crippen MR) is 113 cm³/mol. The Morgan fingerprint density at radius 3 is 2.59 bits per heavy atom. The molecule has 1 saturated heterocycles. The van der Waals surface area contributed by atoms with Gasteiger partial charge in [0, 0.05) is 19.2 Å². The van der Waals surface area contributed by atoms with Crippen LogP contribution in [0.25, 0.3) is 0 Å². The second kappa shape index (κ2) is 13.7. The first-order valence-electron chi connectivity index (χ1n) is 10.1. The number of amides is 1. The lowest BCUT2D eigenvalue weighted by Crippen LogP contribution is -2.36. The Balaban J connectivity index is 0.00000364. The summed E-state index contributed by atoms with van der Waals surface area (Å²) in [7, 11) is 0. The predicted octanol–water partition coefficient (Wildman–Crippen LogP) is 5.13. The molecule has 1 aromatic rings. The van der Waals surface area contributed by atoms with Gasteiger partial charge in [-0.3, -0.25) is 9.80 Å². The third kappa shape index (κ3) is 8.39. The molecule has 1 fully saturated rings. The molecule has 0 aromatic heterocycles. The second-order valence-corrected chi connectivity index (χ2v) is 6.87. The first-order valence-corrected chi connectivity index (χ1v) is 10.1. The molecule has 0 aliphatic carbocycles. The van der Waals surface area contributed by atoms with Gasteiger partial charge in [0.15, 0.2) is 0 Å². The summed E-state index contributed by atoms with van der Waals surface area (Å²) in [6, 6.07) is 7.73. The number of hydrogen-bond acceptors (Lipinski definition) is 4. The van der Waals surface area contributed by atoms with Crippen molar-refractivity contribution in [2.45, 2.75) is 52.4 Å². The van der Waals surface area contributed by atoms with Crippen molar-refractivity contribution in [2.24, 2.45) is 0 Å². The molecule has 0 saturated carbocycles. The Kier molecular flexibility index (Phi) is 11.9. The van der Waals surface area contributed by atoms with Crippen LogP contribution in [0.15, 0.2) is 24.3 Å². The number of anilines is 1. The van der Waals surface area contributed by atoms with E-state index in [9.17, 15) is 4.79 Å². The molecule has 0 bridgehead atoms. The van der Waals surface area contributed by atoms with Gasteiger partial charge in [-0.25, -0.2) is 4.79 Å². The summed E-state index contributed by atoms with van der Waals surface area (Å²) in [5.74, 6) is 0.804. The summed E-state index contributed by atoms with van der Waals surface area (Å²) < 4.78 is 11.3. The van der Waals surface area contributed by atoms with Gasteiger partial charge in [-0.05, 0) is 50.9 Å². The molecule has 1 aliphatic heterocycles. The molecule has 6 heteroatoms. The van der Waals surface area contributed by atoms with Crippen LogP contribution in [0.2, 0.25) is 0 Å². The van der Waals surface area contributed by atoms with Crippen LogP contribution in [0, 0.1) is 0 Å². The second-order valence-electron chi connectivity index (χ2n) is 6.87. The fraction of sp³-hybridized carbons (Fsp3) is 0.667. The van der Waals surface area contributed by atoms with E-state index in [0.717, 1.165) is 50.3 Å². The van der Waals surface area contributed by atoms with E-state index in [1.165, 1.54) is 19.3 Å². The summed E-state index contributed by atoms with van der Waals surface area (Å²) in [5.41, 5.74) is 0.837. The van der Waals surface area contributed by atoms with E-state index >= 15 is 0 Å². The van der Waals surface area contributed by atoms with E-state index < -0.39 is 0 Å². The molecule has 154 valence electrons. The van der Waals surface area contributed by atoms with E-state index in [1.807, 2.05) is 24.3 Å². The van der Waals surface area contributed by atoms with Crippen molar-refractivity contribution < 1.29 is 14.3 Å². The van der Waals surface area contributed by atoms with Gasteiger partial charge < -0.3 is 9.47 Å². The van der Waals surface area contributed by atoms with E-state index in [4.69, 9.17) is 9.47 Å². The smallest absolute Gasteiger partial charge is 0.414 e. The number of piperidine rings is 1. The zero-order valence-corrected chi connectivity index (χ0v) is 17.6. The fourth-order valence-corrected chi connectivity index (χ4v) is 3.15. The molecule has 2 rings (SSSR count). The van der Waals surface area contributed by atoms with Gasteiger partial charge in [0.25, 0.3) is 0 Å². The van der Waals surface area contributed by atoms with Crippen LogP contribution in [0.4, 0.5) is 10.5 Å². The lowest BCUT2D eigenvalue weighted by Gasteiger charge is -2.27. The third-order valence-corrected chi connectivity index (χ3v) is 4.65. The van der Waals surface area contributed by atoms with E-state index in [2.05, 4.69) is 18.7 Å². The molecular formula is C21H35ClN2O3. The molecule has 1 heterocycles. The maximum atomic E-state index is 12.6. The van der Waals surface area contributed by atoms with Gasteiger partial charge in [0.2, 0.25) is 0 Å². The van der Waals surface area contributed by atoms with Crippen LogP contribution in [0.3, 0.4) is 0 Å². The highest BCUT2D eigenvalue weighted by Gasteiger charge is 2.18. The first kappa shape index (κ1) is 23.6. The molecular weight excluding hydrogens is 364 g/mol. The van der Waals surface area contributed by atoms with Gasteiger partial charge in [0.05, 0.1) is 12.3 Å². The van der Waals surface area contributed by atoms with E-state index in [0.29, 0.717) is 19.8 Å². The molecule has 0 spiro atoms. The Hall–Kier alpha value is -1.46. The molecule has 1 amide bonds. The van der Waals surface area contributed by atoms with Crippen molar-refractivity contribution in [3.05, 3.63) is 24.3 Å². The molecule has 27 heavy (non-hydrogen) atoms. The number of nitrogens with zero attached hydrogens (tertiary/aromatic N) is 2. The van der Waals surface area contributed by atoms with Crippen LogP contribution >= 0.6 is 12.4 Å². The zero-order chi connectivity index (χ0) is 18.6. The first-order chi connectivity index (χ1) is 12.7. The van der Waals surface area contributed by atoms with Crippen molar-refractivity contribution >= 4 is 24.2 Å². The summed E-state index contributed by atoms with van der Waals surface area (Å²) >= 11 is 0. The normalized spacial score (nSPS) is 14.3. The van der Waals surface area contributed by atoms with Crippen molar-refractivity contribution in [1.29, 1.82) is 0 Å². The number of carbonyl (C=O) groups is 1. The fourth-order valence-electron chi connectivity index (χ4n) is 3.15. The number of benzene rings is 1. The molecule has 0 radical (unpaired) electrons. The topological polar surface area (TPSA) is 42.0 Å². The van der Waals surface area contributed by atoms with Crippen molar-refractivity contribution in [3.63, 3.8) is 0 Å². The van der Waals surface area contributed by atoms with Crippen LogP contribution in [-0.2, 0) is 4.74 Å². The number of unbranched alkanes of at least 4 members (excludes halogenated alkanes) is 1. The minimum absolute atomic E-state index is 0. The minimum atomic E-state index is -0.269. The SMILES string of the molecule is CCCCOc1cccc(N(CCC)C(=O)OCCN2CCCCC2)c1.Cl. The van der Waals surface area contributed by atoms with Gasteiger partial charge >= 0.3 is 6.09 Å². The zero-order valence-electron chi connectivity index (χ0n) is 16.8. The monoisotopic (exact) mass is 398 g/mol. The summed E-state index contributed by atoms with van der Waals surface area (Å²) in [6.45, 7) is 9.06. The van der Waals surface area contributed by atoms with Gasteiger partial charge in [-0.2, -0.15) is 0 Å². The lowest BCUT2D eigenvalue weighted by atomic mass is 10.1. The van der Waals surface area contributed by atoms with Crippen molar-refractivity contribution in [2.75, 3.05) is 44.3 Å². The van der Waals surface area contributed by atoms with Gasteiger partial charge in [-0.1, -0.05) is 32.8 Å². The van der Waals surface area contributed by atoms with Crippen LogP contribution in [0.5, 0.6) is 5.75 Å². The summed E-state index contributed by atoms with van der Waals surface area (Å²) in [4.78, 5) is 16.7. The number of likely N-dealkylation sites (tertiary alicyclic amines) is 1. The van der Waals surface area contributed by atoms with Crippen molar-refractivity contribution in [1.82, 2.24) is 4.90 Å². The van der Waals surface area contributed by atoms with Crippen LogP contribution in [0.1, 0.15) is 52.4 Å². The molecule has 5 nitrogen and oxygen atoms in total.